The van der Waals surface area contributed by atoms with E-state index in [4.69, 9.17) is 16.3 Å². The molecular formula is C15H25ClN2O2. The Labute approximate surface area is 126 Å². The molecule has 1 aliphatic heterocycles. The summed E-state index contributed by atoms with van der Waals surface area (Å²) in [6.07, 6.45) is 3.52. The predicted octanol–water partition coefficient (Wildman–Crippen LogP) is 2.89. The van der Waals surface area contributed by atoms with E-state index in [0.717, 1.165) is 24.2 Å². The minimum Gasteiger partial charge on any atom is -0.389 e. The maximum atomic E-state index is 10.9. The van der Waals surface area contributed by atoms with Crippen molar-refractivity contribution in [3.63, 3.8) is 0 Å². The van der Waals surface area contributed by atoms with Crippen molar-refractivity contribution in [1.29, 1.82) is 0 Å². The third kappa shape index (κ3) is 3.02. The number of ether oxygens (including phenoxy) is 1. The summed E-state index contributed by atoms with van der Waals surface area (Å²) in [5.74, 6) is 0. The van der Waals surface area contributed by atoms with Gasteiger partial charge in [0, 0.05) is 19.9 Å². The van der Waals surface area contributed by atoms with Gasteiger partial charge in [0.05, 0.1) is 34.2 Å². The number of hydrogen-bond donors (Lipinski definition) is 1. The summed E-state index contributed by atoms with van der Waals surface area (Å²) < 4.78 is 7.62. The topological polar surface area (TPSA) is 47.3 Å². The second-order valence-corrected chi connectivity index (χ2v) is 6.54. The fraction of sp³-hybridized carbons (Fsp3) is 0.800. The van der Waals surface area contributed by atoms with Gasteiger partial charge in [-0.25, -0.2) is 0 Å². The molecular weight excluding hydrogens is 276 g/mol. The van der Waals surface area contributed by atoms with E-state index in [2.05, 4.69) is 18.9 Å². The predicted molar refractivity (Wildman–Crippen MR) is 80.1 cm³/mol. The Kier molecular flexibility index (Phi) is 4.47. The minimum absolute atomic E-state index is 0.244. The summed E-state index contributed by atoms with van der Waals surface area (Å²) >= 11 is 6.39. The Bertz CT molecular complexity index is 488. The van der Waals surface area contributed by atoms with Crippen molar-refractivity contribution in [2.24, 2.45) is 7.05 Å². The Morgan fingerprint density at radius 3 is 2.70 bits per heavy atom. The SMILES string of the molecule is CCc1nn(C)c(CC2(O)CCOC(C)(CC)C2)c1Cl. The first-order valence-corrected chi connectivity index (χ1v) is 7.77. The molecule has 1 saturated heterocycles. The third-order valence-corrected chi connectivity index (χ3v) is 4.90. The van der Waals surface area contributed by atoms with Gasteiger partial charge in [-0.2, -0.15) is 5.10 Å². The lowest BCUT2D eigenvalue weighted by molar-refractivity contribution is -0.153. The molecule has 114 valence electrons. The van der Waals surface area contributed by atoms with Gasteiger partial charge in [0.1, 0.15) is 0 Å². The molecule has 20 heavy (non-hydrogen) atoms. The first-order valence-electron chi connectivity index (χ1n) is 7.39. The Morgan fingerprint density at radius 1 is 1.45 bits per heavy atom. The second-order valence-electron chi connectivity index (χ2n) is 6.16. The molecule has 0 aliphatic carbocycles. The average Bonchev–Trinajstić information content (AvgIpc) is 2.65. The van der Waals surface area contributed by atoms with Crippen LogP contribution >= 0.6 is 11.6 Å². The highest BCUT2D eigenvalue weighted by Gasteiger charge is 2.42. The maximum absolute atomic E-state index is 10.9. The van der Waals surface area contributed by atoms with Crippen molar-refractivity contribution < 1.29 is 9.84 Å². The van der Waals surface area contributed by atoms with Crippen LogP contribution in [-0.4, -0.2) is 32.7 Å². The highest BCUT2D eigenvalue weighted by atomic mass is 35.5. The van der Waals surface area contributed by atoms with E-state index in [1.807, 2.05) is 14.0 Å². The lowest BCUT2D eigenvalue weighted by atomic mass is 9.79. The lowest BCUT2D eigenvalue weighted by Crippen LogP contribution is -2.48. The molecule has 0 saturated carbocycles. The molecule has 1 aromatic heterocycles. The summed E-state index contributed by atoms with van der Waals surface area (Å²) in [6, 6.07) is 0. The highest BCUT2D eigenvalue weighted by Crippen LogP contribution is 2.37. The fourth-order valence-electron chi connectivity index (χ4n) is 3.02. The number of aryl methyl sites for hydroxylation is 2. The minimum atomic E-state index is -0.758. The molecule has 0 amide bonds. The van der Waals surface area contributed by atoms with E-state index in [9.17, 15) is 5.11 Å². The van der Waals surface area contributed by atoms with Gasteiger partial charge in [-0.05, 0) is 26.2 Å². The first-order chi connectivity index (χ1) is 9.32. The van der Waals surface area contributed by atoms with Gasteiger partial charge in [-0.3, -0.25) is 4.68 Å². The first kappa shape index (κ1) is 15.8. The Morgan fingerprint density at radius 2 is 2.15 bits per heavy atom. The van der Waals surface area contributed by atoms with Gasteiger partial charge in [0.25, 0.3) is 0 Å². The molecule has 0 bridgehead atoms. The summed E-state index contributed by atoms with van der Waals surface area (Å²) in [6.45, 7) is 6.80. The fourth-order valence-corrected chi connectivity index (χ4v) is 3.38. The number of hydrogen-bond acceptors (Lipinski definition) is 3. The molecule has 5 heteroatoms. The van der Waals surface area contributed by atoms with Crippen LogP contribution in [-0.2, 0) is 24.6 Å². The Balaban J connectivity index is 2.22. The van der Waals surface area contributed by atoms with Crippen LogP contribution in [0.5, 0.6) is 0 Å². The standard InChI is InChI=1S/C15H25ClN2O2/c1-5-11-13(16)12(18(4)17-11)9-15(19)7-8-20-14(3,6-2)10-15/h19H,5-10H2,1-4H3. The number of rotatable bonds is 4. The maximum Gasteiger partial charge on any atom is 0.0850 e. The quantitative estimate of drug-likeness (QED) is 0.930. The molecule has 1 fully saturated rings. The zero-order chi connectivity index (χ0) is 15.0. The van der Waals surface area contributed by atoms with Crippen molar-refractivity contribution in [2.45, 2.75) is 64.1 Å². The zero-order valence-corrected chi connectivity index (χ0v) is 13.6. The smallest absolute Gasteiger partial charge is 0.0850 e. The van der Waals surface area contributed by atoms with Crippen molar-refractivity contribution in [1.82, 2.24) is 9.78 Å². The van der Waals surface area contributed by atoms with Crippen LogP contribution in [0.25, 0.3) is 0 Å². The van der Waals surface area contributed by atoms with Crippen LogP contribution in [0.15, 0.2) is 0 Å². The van der Waals surface area contributed by atoms with E-state index >= 15 is 0 Å². The van der Waals surface area contributed by atoms with Crippen molar-refractivity contribution >= 4 is 11.6 Å². The van der Waals surface area contributed by atoms with Crippen LogP contribution in [0.3, 0.4) is 0 Å². The molecule has 1 N–H and O–H groups in total. The van der Waals surface area contributed by atoms with E-state index < -0.39 is 5.60 Å². The van der Waals surface area contributed by atoms with Crippen LogP contribution in [0.1, 0.15) is 51.4 Å². The molecule has 2 rings (SSSR count). The van der Waals surface area contributed by atoms with E-state index in [0.29, 0.717) is 30.9 Å². The van der Waals surface area contributed by atoms with E-state index in [1.54, 1.807) is 4.68 Å². The lowest BCUT2D eigenvalue weighted by Gasteiger charge is -2.43. The van der Waals surface area contributed by atoms with Crippen molar-refractivity contribution in [2.75, 3.05) is 6.61 Å². The van der Waals surface area contributed by atoms with Gasteiger partial charge < -0.3 is 9.84 Å². The molecule has 1 aromatic rings. The number of aromatic nitrogens is 2. The van der Waals surface area contributed by atoms with Crippen molar-refractivity contribution in [3.8, 4) is 0 Å². The van der Waals surface area contributed by atoms with Crippen LogP contribution < -0.4 is 0 Å². The van der Waals surface area contributed by atoms with Gasteiger partial charge in [-0.1, -0.05) is 25.4 Å². The van der Waals surface area contributed by atoms with Gasteiger partial charge in [0.2, 0.25) is 0 Å². The van der Waals surface area contributed by atoms with Gasteiger partial charge >= 0.3 is 0 Å². The van der Waals surface area contributed by atoms with Crippen molar-refractivity contribution in [3.05, 3.63) is 16.4 Å². The van der Waals surface area contributed by atoms with Crippen LogP contribution in [0, 0.1) is 0 Å². The monoisotopic (exact) mass is 300 g/mol. The average molecular weight is 301 g/mol. The highest BCUT2D eigenvalue weighted by molar-refractivity contribution is 6.31. The summed E-state index contributed by atoms with van der Waals surface area (Å²) in [4.78, 5) is 0. The van der Waals surface area contributed by atoms with E-state index in [-0.39, 0.29) is 5.60 Å². The molecule has 0 aromatic carbocycles. The molecule has 2 heterocycles. The van der Waals surface area contributed by atoms with Crippen LogP contribution in [0.4, 0.5) is 0 Å². The zero-order valence-electron chi connectivity index (χ0n) is 12.9. The number of halogens is 1. The normalized spacial score (nSPS) is 30.7. The van der Waals surface area contributed by atoms with Gasteiger partial charge in [0.15, 0.2) is 0 Å². The summed E-state index contributed by atoms with van der Waals surface area (Å²) in [7, 11) is 1.89. The number of nitrogens with zero attached hydrogens (tertiary/aromatic N) is 2. The largest absolute Gasteiger partial charge is 0.389 e. The summed E-state index contributed by atoms with van der Waals surface area (Å²) in [5.41, 5.74) is 0.821. The molecule has 0 spiro atoms. The number of aliphatic hydroxyl groups is 1. The second kappa shape index (κ2) is 5.66. The molecule has 4 nitrogen and oxygen atoms in total. The molecule has 2 unspecified atom stereocenters. The van der Waals surface area contributed by atoms with Gasteiger partial charge in [-0.15, -0.1) is 0 Å². The third-order valence-electron chi connectivity index (χ3n) is 4.47. The Hall–Kier alpha value is -0.580. The summed E-state index contributed by atoms with van der Waals surface area (Å²) in [5, 5.41) is 16.1. The molecule has 2 atom stereocenters. The molecule has 0 radical (unpaired) electrons. The van der Waals surface area contributed by atoms with Crippen LogP contribution in [0.2, 0.25) is 5.02 Å². The van der Waals surface area contributed by atoms with E-state index in [1.165, 1.54) is 0 Å². The molecule has 1 aliphatic rings.